The molecule has 8 heteroatoms. The van der Waals surface area contributed by atoms with Gasteiger partial charge in [0.25, 0.3) is 5.91 Å². The average Bonchev–Trinajstić information content (AvgIpc) is 2.58. The van der Waals surface area contributed by atoms with Gasteiger partial charge in [-0.15, -0.1) is 0 Å². The van der Waals surface area contributed by atoms with Gasteiger partial charge in [0.15, 0.2) is 12.3 Å². The summed E-state index contributed by atoms with van der Waals surface area (Å²) in [7, 11) is 0. The summed E-state index contributed by atoms with van der Waals surface area (Å²) < 4.78 is 5.04. The monoisotopic (exact) mass is 400 g/mol. The first kappa shape index (κ1) is 19.5. The Bertz CT molecular complexity index is 782. The molecule has 0 aliphatic carbocycles. The van der Waals surface area contributed by atoms with Crippen molar-refractivity contribution in [3.8, 4) is 0 Å². The van der Waals surface area contributed by atoms with Crippen LogP contribution in [0.5, 0.6) is 0 Å². The van der Waals surface area contributed by atoms with Crippen LogP contribution >= 0.6 is 34.8 Å². The minimum Gasteiger partial charge on any atom is -0.451 e. The van der Waals surface area contributed by atoms with E-state index in [1.54, 1.807) is 12.1 Å². The summed E-state index contributed by atoms with van der Waals surface area (Å²) in [6.07, 6.45) is 1.19. The Morgan fingerprint density at radius 2 is 1.76 bits per heavy atom. The molecule has 0 saturated heterocycles. The topological polar surface area (TPSA) is 59.5 Å². The average molecular weight is 402 g/mol. The van der Waals surface area contributed by atoms with Gasteiger partial charge >= 0.3 is 5.97 Å². The number of aromatic nitrogens is 1. The van der Waals surface area contributed by atoms with E-state index in [0.717, 1.165) is 0 Å². The molecular weight excluding hydrogens is 387 g/mol. The molecule has 132 valence electrons. The van der Waals surface area contributed by atoms with Crippen LogP contribution in [0.4, 0.5) is 5.69 Å². The van der Waals surface area contributed by atoms with Crippen molar-refractivity contribution in [3.63, 3.8) is 0 Å². The van der Waals surface area contributed by atoms with Crippen LogP contribution in [0.3, 0.4) is 0 Å². The van der Waals surface area contributed by atoms with Crippen LogP contribution < -0.4 is 4.90 Å². The van der Waals surface area contributed by atoms with Crippen LogP contribution in [-0.4, -0.2) is 29.5 Å². The number of hydrogen-bond donors (Lipinski definition) is 0. The van der Waals surface area contributed by atoms with Gasteiger partial charge in [-0.25, -0.2) is 9.78 Å². The molecule has 1 aromatic carbocycles. The number of carbonyl (C=O) groups is 2. The standard InChI is InChI=1S/C17H15Cl3N2O3/c1-10(2)22(11-6-4-3-5-7-11)13(23)9-25-17(24)16-15(20)14(19)12(18)8-21-16/h3-8,10H,9H2,1-2H3. The number of pyridine rings is 1. The van der Waals surface area contributed by atoms with Crippen LogP contribution in [0, 0.1) is 0 Å². The van der Waals surface area contributed by atoms with Crippen molar-refractivity contribution in [1.29, 1.82) is 0 Å². The molecule has 1 aromatic heterocycles. The van der Waals surface area contributed by atoms with Gasteiger partial charge in [0.05, 0.1) is 15.1 Å². The van der Waals surface area contributed by atoms with Crippen LogP contribution in [0.15, 0.2) is 36.5 Å². The maximum Gasteiger partial charge on any atom is 0.359 e. The fourth-order valence-electron chi connectivity index (χ4n) is 2.17. The zero-order valence-corrected chi connectivity index (χ0v) is 15.8. The molecule has 1 amide bonds. The van der Waals surface area contributed by atoms with E-state index < -0.39 is 12.6 Å². The third kappa shape index (κ3) is 4.63. The molecule has 0 saturated carbocycles. The molecule has 2 aromatic rings. The summed E-state index contributed by atoms with van der Waals surface area (Å²) in [6.45, 7) is 3.28. The lowest BCUT2D eigenvalue weighted by atomic mass is 10.2. The number of para-hydroxylation sites is 1. The molecule has 0 aliphatic heterocycles. The number of esters is 1. The predicted octanol–water partition coefficient (Wildman–Crippen LogP) is 4.64. The van der Waals surface area contributed by atoms with Crippen molar-refractivity contribution < 1.29 is 14.3 Å². The summed E-state index contributed by atoms with van der Waals surface area (Å²) in [5.74, 6) is -1.22. The third-order valence-corrected chi connectivity index (χ3v) is 4.50. The fourth-order valence-corrected chi connectivity index (χ4v) is 2.73. The molecule has 1 heterocycles. The second-order valence-corrected chi connectivity index (χ2v) is 6.52. The Morgan fingerprint density at radius 3 is 2.36 bits per heavy atom. The number of anilines is 1. The molecule has 25 heavy (non-hydrogen) atoms. The lowest BCUT2D eigenvalue weighted by molar-refractivity contribution is -0.122. The minimum atomic E-state index is -0.853. The van der Waals surface area contributed by atoms with E-state index in [1.165, 1.54) is 11.1 Å². The number of benzene rings is 1. The molecule has 0 atom stereocenters. The number of carbonyl (C=O) groups excluding carboxylic acids is 2. The Morgan fingerprint density at radius 1 is 1.12 bits per heavy atom. The summed E-state index contributed by atoms with van der Waals surface area (Å²) >= 11 is 17.6. The van der Waals surface area contributed by atoms with Crippen molar-refractivity contribution in [2.75, 3.05) is 11.5 Å². The molecule has 0 N–H and O–H groups in total. The summed E-state index contributed by atoms with van der Waals surface area (Å²) in [6, 6.07) is 8.99. The Kier molecular flexibility index (Phi) is 6.64. The van der Waals surface area contributed by atoms with E-state index in [0.29, 0.717) is 5.69 Å². The van der Waals surface area contributed by atoms with Crippen LogP contribution in [0.25, 0.3) is 0 Å². The predicted molar refractivity (Wildman–Crippen MR) is 98.6 cm³/mol. The van der Waals surface area contributed by atoms with Crippen molar-refractivity contribution in [1.82, 2.24) is 4.98 Å². The summed E-state index contributed by atoms with van der Waals surface area (Å²) in [4.78, 5) is 29.9. The molecule has 0 spiro atoms. The Hall–Kier alpha value is -1.82. The SMILES string of the molecule is CC(C)N(C(=O)COC(=O)c1ncc(Cl)c(Cl)c1Cl)c1ccccc1. The molecule has 2 rings (SSSR count). The fraction of sp³-hybridized carbons (Fsp3) is 0.235. The second kappa shape index (κ2) is 8.52. The molecular formula is C17H15Cl3N2O3. The number of hydrogen-bond acceptors (Lipinski definition) is 4. The van der Waals surface area contributed by atoms with Crippen molar-refractivity contribution in [3.05, 3.63) is 57.3 Å². The van der Waals surface area contributed by atoms with E-state index in [4.69, 9.17) is 39.5 Å². The van der Waals surface area contributed by atoms with Gasteiger partial charge in [-0.2, -0.15) is 0 Å². The van der Waals surface area contributed by atoms with Crippen molar-refractivity contribution in [2.45, 2.75) is 19.9 Å². The van der Waals surface area contributed by atoms with Gasteiger partial charge in [0, 0.05) is 17.9 Å². The largest absolute Gasteiger partial charge is 0.451 e. The van der Waals surface area contributed by atoms with Crippen LogP contribution in [0.2, 0.25) is 15.1 Å². The van der Waals surface area contributed by atoms with E-state index >= 15 is 0 Å². The highest BCUT2D eigenvalue weighted by atomic mass is 35.5. The second-order valence-electron chi connectivity index (χ2n) is 5.35. The highest BCUT2D eigenvalue weighted by molar-refractivity contribution is 6.48. The quantitative estimate of drug-likeness (QED) is 0.685. The normalized spacial score (nSPS) is 10.6. The number of amides is 1. The number of halogens is 3. The van der Waals surface area contributed by atoms with Crippen molar-refractivity contribution >= 4 is 52.4 Å². The number of nitrogens with zero attached hydrogens (tertiary/aromatic N) is 2. The van der Waals surface area contributed by atoms with Crippen molar-refractivity contribution in [2.24, 2.45) is 0 Å². The molecule has 0 bridgehead atoms. The van der Waals surface area contributed by atoms with Gasteiger partial charge in [0.1, 0.15) is 0 Å². The molecule has 0 unspecified atom stereocenters. The van der Waals surface area contributed by atoms with Gasteiger partial charge in [-0.05, 0) is 26.0 Å². The molecule has 0 aliphatic rings. The highest BCUT2D eigenvalue weighted by Gasteiger charge is 2.23. The first-order chi connectivity index (χ1) is 11.8. The number of ether oxygens (including phenoxy) is 1. The molecule has 0 radical (unpaired) electrons. The first-order valence-electron chi connectivity index (χ1n) is 7.36. The molecule has 5 nitrogen and oxygen atoms in total. The van der Waals surface area contributed by atoms with Crippen LogP contribution in [-0.2, 0) is 9.53 Å². The van der Waals surface area contributed by atoms with E-state index in [2.05, 4.69) is 4.98 Å². The summed E-state index contributed by atoms with van der Waals surface area (Å²) in [5, 5.41) is 0.00875. The minimum absolute atomic E-state index is 0.00435. The third-order valence-electron chi connectivity index (χ3n) is 3.26. The smallest absolute Gasteiger partial charge is 0.359 e. The maximum atomic E-state index is 12.5. The zero-order chi connectivity index (χ0) is 18.6. The zero-order valence-electron chi connectivity index (χ0n) is 13.5. The van der Waals surface area contributed by atoms with E-state index in [9.17, 15) is 9.59 Å². The summed E-state index contributed by atoms with van der Waals surface area (Å²) in [5.41, 5.74) is 0.518. The van der Waals surface area contributed by atoms with Gasteiger partial charge < -0.3 is 9.64 Å². The van der Waals surface area contributed by atoms with Gasteiger partial charge in [0.2, 0.25) is 0 Å². The first-order valence-corrected chi connectivity index (χ1v) is 8.50. The molecule has 0 fully saturated rings. The van der Waals surface area contributed by atoms with Gasteiger partial charge in [-0.3, -0.25) is 4.79 Å². The maximum absolute atomic E-state index is 12.5. The lowest BCUT2D eigenvalue weighted by Crippen LogP contribution is -2.40. The lowest BCUT2D eigenvalue weighted by Gasteiger charge is -2.26. The van der Waals surface area contributed by atoms with Crippen LogP contribution in [0.1, 0.15) is 24.3 Å². The number of rotatable bonds is 5. The Labute approximate surface area is 160 Å². The highest BCUT2D eigenvalue weighted by Crippen LogP contribution is 2.31. The Balaban J connectivity index is 2.10. The van der Waals surface area contributed by atoms with Gasteiger partial charge in [-0.1, -0.05) is 53.0 Å². The van der Waals surface area contributed by atoms with E-state index in [1.807, 2.05) is 32.0 Å². The van der Waals surface area contributed by atoms with E-state index in [-0.39, 0.29) is 32.7 Å².